The lowest BCUT2D eigenvalue weighted by atomic mass is 9.58. The summed E-state index contributed by atoms with van der Waals surface area (Å²) in [5.74, 6) is 0. The summed E-state index contributed by atoms with van der Waals surface area (Å²) in [5, 5.41) is 10.4. The van der Waals surface area contributed by atoms with Gasteiger partial charge in [-0.2, -0.15) is 5.26 Å². The van der Waals surface area contributed by atoms with Crippen LogP contribution < -0.4 is 0 Å². The summed E-state index contributed by atoms with van der Waals surface area (Å²) in [6, 6.07) is 10.5. The second-order valence-electron chi connectivity index (χ2n) is 6.43. The highest BCUT2D eigenvalue weighted by molar-refractivity contribution is 8.01. The van der Waals surface area contributed by atoms with Crippen LogP contribution in [0.5, 0.6) is 0 Å². The molecule has 1 spiro atoms. The fourth-order valence-corrected chi connectivity index (χ4v) is 5.55. The molecule has 0 bridgehead atoms. The van der Waals surface area contributed by atoms with Crippen molar-refractivity contribution in [1.29, 1.82) is 5.26 Å². The van der Waals surface area contributed by atoms with Crippen LogP contribution in [0.1, 0.15) is 51.4 Å². The first-order valence-corrected chi connectivity index (χ1v) is 8.71. The van der Waals surface area contributed by atoms with Gasteiger partial charge in [0.25, 0.3) is 0 Å². The van der Waals surface area contributed by atoms with Crippen molar-refractivity contribution in [3.8, 4) is 6.07 Å². The minimum Gasteiger partial charge on any atom is -0.197 e. The molecule has 2 aliphatic carbocycles. The Morgan fingerprint density at radius 2 is 1.60 bits per heavy atom. The molecular formula is C17H20ClNS. The third-order valence-electron chi connectivity index (χ3n) is 4.82. The van der Waals surface area contributed by atoms with Crippen LogP contribution in [-0.2, 0) is 0 Å². The highest BCUT2D eigenvalue weighted by atomic mass is 35.5. The van der Waals surface area contributed by atoms with Crippen molar-refractivity contribution in [2.24, 2.45) is 5.41 Å². The Balaban J connectivity index is 1.69. The minimum atomic E-state index is -0.196. The number of hydrogen-bond acceptors (Lipinski definition) is 2. The maximum Gasteiger partial charge on any atom is 0.108 e. The van der Waals surface area contributed by atoms with Crippen LogP contribution in [-0.4, -0.2) is 4.75 Å². The van der Waals surface area contributed by atoms with Gasteiger partial charge in [-0.25, -0.2) is 0 Å². The van der Waals surface area contributed by atoms with E-state index in [1.807, 2.05) is 24.3 Å². The Morgan fingerprint density at radius 1 is 1.00 bits per heavy atom. The predicted molar refractivity (Wildman–Crippen MR) is 85.0 cm³/mol. The molecule has 2 aliphatic rings. The topological polar surface area (TPSA) is 23.8 Å². The molecule has 0 amide bonds. The van der Waals surface area contributed by atoms with Gasteiger partial charge in [0.15, 0.2) is 0 Å². The number of nitriles is 1. The van der Waals surface area contributed by atoms with Crippen molar-refractivity contribution in [3.05, 3.63) is 29.3 Å². The molecule has 1 nitrogen and oxygen atoms in total. The van der Waals surface area contributed by atoms with E-state index in [4.69, 9.17) is 11.6 Å². The molecule has 1 aromatic carbocycles. The number of nitrogens with zero attached hydrogens (tertiary/aromatic N) is 1. The van der Waals surface area contributed by atoms with Gasteiger partial charge >= 0.3 is 0 Å². The molecule has 3 rings (SSSR count). The molecule has 0 aliphatic heterocycles. The normalized spacial score (nSPS) is 23.6. The first-order chi connectivity index (χ1) is 9.65. The van der Waals surface area contributed by atoms with E-state index in [-0.39, 0.29) is 4.75 Å². The molecule has 0 N–H and O–H groups in total. The van der Waals surface area contributed by atoms with Crippen LogP contribution in [0.15, 0.2) is 29.2 Å². The SMILES string of the molecule is N#CC1(Sc2ccc(Cl)cc2)CC2(CCCCCC2)C1. The van der Waals surface area contributed by atoms with E-state index in [2.05, 4.69) is 6.07 Å². The zero-order valence-electron chi connectivity index (χ0n) is 11.7. The van der Waals surface area contributed by atoms with Crippen molar-refractivity contribution in [1.82, 2.24) is 0 Å². The Hall–Kier alpha value is -0.650. The Morgan fingerprint density at radius 3 is 2.15 bits per heavy atom. The van der Waals surface area contributed by atoms with Crippen LogP contribution in [0.2, 0.25) is 5.02 Å². The van der Waals surface area contributed by atoms with E-state index in [1.54, 1.807) is 11.8 Å². The standard InChI is InChI=1S/C17H20ClNS/c18-14-5-7-15(8-6-14)20-17(13-19)11-16(12-17)9-3-1-2-4-10-16/h5-8H,1-4,9-12H2. The second kappa shape index (κ2) is 5.62. The van der Waals surface area contributed by atoms with Gasteiger partial charge in [-0.05, 0) is 55.4 Å². The quantitative estimate of drug-likeness (QED) is 0.686. The van der Waals surface area contributed by atoms with Crippen molar-refractivity contribution < 1.29 is 0 Å². The van der Waals surface area contributed by atoms with Crippen LogP contribution in [0.3, 0.4) is 0 Å². The molecule has 0 unspecified atom stereocenters. The molecule has 0 saturated heterocycles. The molecule has 20 heavy (non-hydrogen) atoms. The van der Waals surface area contributed by atoms with Crippen LogP contribution in [0, 0.1) is 16.7 Å². The third kappa shape index (κ3) is 2.85. The maximum atomic E-state index is 9.64. The average Bonchev–Trinajstić information content (AvgIpc) is 2.66. The fraction of sp³-hybridized carbons (Fsp3) is 0.588. The van der Waals surface area contributed by atoms with Crippen molar-refractivity contribution in [2.75, 3.05) is 0 Å². The average molecular weight is 306 g/mol. The minimum absolute atomic E-state index is 0.196. The van der Waals surface area contributed by atoms with E-state index < -0.39 is 0 Å². The summed E-state index contributed by atoms with van der Waals surface area (Å²) in [7, 11) is 0. The molecule has 2 saturated carbocycles. The number of halogens is 1. The van der Waals surface area contributed by atoms with Crippen LogP contribution in [0.4, 0.5) is 0 Å². The molecular weight excluding hydrogens is 286 g/mol. The summed E-state index contributed by atoms with van der Waals surface area (Å²) in [5.41, 5.74) is 0.478. The van der Waals surface area contributed by atoms with E-state index in [0.29, 0.717) is 5.41 Å². The van der Waals surface area contributed by atoms with Crippen LogP contribution >= 0.6 is 23.4 Å². The Labute approximate surface area is 130 Å². The number of rotatable bonds is 2. The Bertz CT molecular complexity index is 501. The summed E-state index contributed by atoms with van der Waals surface area (Å²) in [4.78, 5) is 1.17. The number of thioether (sulfide) groups is 1. The molecule has 106 valence electrons. The highest BCUT2D eigenvalue weighted by Gasteiger charge is 2.55. The number of hydrogen-bond donors (Lipinski definition) is 0. The highest BCUT2D eigenvalue weighted by Crippen LogP contribution is 2.62. The predicted octanol–water partition coefficient (Wildman–Crippen LogP) is 5.83. The lowest BCUT2D eigenvalue weighted by Gasteiger charge is -2.52. The van der Waals surface area contributed by atoms with Crippen LogP contribution in [0.25, 0.3) is 0 Å². The first-order valence-electron chi connectivity index (χ1n) is 7.51. The monoisotopic (exact) mass is 305 g/mol. The van der Waals surface area contributed by atoms with Gasteiger partial charge in [-0.3, -0.25) is 0 Å². The van der Waals surface area contributed by atoms with Crippen molar-refractivity contribution >= 4 is 23.4 Å². The molecule has 2 fully saturated rings. The van der Waals surface area contributed by atoms with Crippen molar-refractivity contribution in [2.45, 2.75) is 61.0 Å². The molecule has 0 atom stereocenters. The van der Waals surface area contributed by atoms with Gasteiger partial charge in [0.05, 0.1) is 6.07 Å². The molecule has 0 aromatic heterocycles. The lowest BCUT2D eigenvalue weighted by Crippen LogP contribution is -2.48. The van der Waals surface area contributed by atoms with Gasteiger partial charge < -0.3 is 0 Å². The van der Waals surface area contributed by atoms with Gasteiger partial charge in [0, 0.05) is 9.92 Å². The second-order valence-corrected chi connectivity index (χ2v) is 8.32. The van der Waals surface area contributed by atoms with Gasteiger partial charge in [0.1, 0.15) is 4.75 Å². The summed E-state index contributed by atoms with van der Waals surface area (Å²) in [6.07, 6.45) is 10.3. The third-order valence-corrected chi connectivity index (χ3v) is 6.35. The lowest BCUT2D eigenvalue weighted by molar-refractivity contribution is 0.0882. The largest absolute Gasteiger partial charge is 0.197 e. The molecule has 1 aromatic rings. The van der Waals surface area contributed by atoms with E-state index >= 15 is 0 Å². The zero-order valence-corrected chi connectivity index (χ0v) is 13.3. The van der Waals surface area contributed by atoms with E-state index in [1.165, 1.54) is 43.4 Å². The number of benzene rings is 1. The van der Waals surface area contributed by atoms with E-state index in [0.717, 1.165) is 17.9 Å². The fourth-order valence-electron chi connectivity index (χ4n) is 3.89. The van der Waals surface area contributed by atoms with Crippen molar-refractivity contribution in [3.63, 3.8) is 0 Å². The van der Waals surface area contributed by atoms with Gasteiger partial charge in [0.2, 0.25) is 0 Å². The first kappa shape index (κ1) is 14.3. The van der Waals surface area contributed by atoms with E-state index in [9.17, 15) is 5.26 Å². The van der Waals surface area contributed by atoms with Gasteiger partial charge in [-0.15, -0.1) is 11.8 Å². The molecule has 3 heteroatoms. The maximum absolute atomic E-state index is 9.64. The molecule has 0 radical (unpaired) electrons. The summed E-state index contributed by atoms with van der Waals surface area (Å²) in [6.45, 7) is 0. The summed E-state index contributed by atoms with van der Waals surface area (Å²) < 4.78 is -0.196. The Kier molecular flexibility index (Phi) is 4.02. The zero-order chi connectivity index (χ0) is 14.1. The summed E-state index contributed by atoms with van der Waals surface area (Å²) >= 11 is 7.67. The molecule has 0 heterocycles. The smallest absolute Gasteiger partial charge is 0.108 e. The van der Waals surface area contributed by atoms with Gasteiger partial charge in [-0.1, -0.05) is 37.3 Å².